The molecule has 1 aliphatic heterocycles. The molecule has 8 rings (SSSR count). The number of fused-ring (bicyclic) bond motifs is 2. The number of carbonyl (C=O) groups excluding carboxylic acids is 3. The van der Waals surface area contributed by atoms with Gasteiger partial charge in [0.1, 0.15) is 11.9 Å². The summed E-state index contributed by atoms with van der Waals surface area (Å²) < 4.78 is 4.72. The predicted molar refractivity (Wildman–Crippen MR) is 228 cm³/mol. The molecule has 5 atom stereocenters. The standard InChI is InChI=1S/C29H32N6O3.C15H20N2O.C2H6/c1-18(2)26(34-29(37)38-3)28(36)35-14-4-5-25(35)27-31-16-24(33-27)22-12-8-20(9-13-22)19-6-10-21(11-7-19)23-15-30-17-32-23;16-13-3-1-2-11(7-13)9-17-15(18)14-8-10-4-5-12(14)6-10;1-2/h6-13,15-18,25-26H,4-5,14H2,1-3H3,(H,30,32)(H,31,33)(H,34,37);1-3,7,10,12,14H,4-6,8-9,16H2,(H,17,18);1-2H3. The van der Waals surface area contributed by atoms with Gasteiger partial charge >= 0.3 is 6.09 Å². The van der Waals surface area contributed by atoms with E-state index in [1.54, 1.807) is 6.33 Å². The van der Waals surface area contributed by atoms with Crippen LogP contribution in [-0.2, 0) is 20.9 Å². The number of benzene rings is 3. The molecule has 5 aromatic rings. The van der Waals surface area contributed by atoms with Gasteiger partial charge in [-0.3, -0.25) is 9.59 Å². The van der Waals surface area contributed by atoms with Crippen LogP contribution < -0.4 is 16.4 Å². The van der Waals surface area contributed by atoms with Crippen LogP contribution in [0.3, 0.4) is 0 Å². The van der Waals surface area contributed by atoms with Crippen LogP contribution in [0.5, 0.6) is 0 Å². The van der Waals surface area contributed by atoms with Gasteiger partial charge in [0.15, 0.2) is 0 Å². The second kappa shape index (κ2) is 19.5. The Morgan fingerprint density at radius 2 is 1.59 bits per heavy atom. The molecule has 6 N–H and O–H groups in total. The molecule has 58 heavy (non-hydrogen) atoms. The van der Waals surface area contributed by atoms with E-state index in [-0.39, 0.29) is 29.7 Å². The Morgan fingerprint density at radius 1 is 0.897 bits per heavy atom. The highest BCUT2D eigenvalue weighted by Gasteiger charge is 2.43. The Morgan fingerprint density at radius 3 is 2.17 bits per heavy atom. The number of rotatable bonds is 10. The highest BCUT2D eigenvalue weighted by Crippen LogP contribution is 2.48. The lowest BCUT2D eigenvalue weighted by Crippen LogP contribution is -2.51. The van der Waals surface area contributed by atoms with Crippen LogP contribution in [0.4, 0.5) is 10.5 Å². The molecule has 0 radical (unpaired) electrons. The van der Waals surface area contributed by atoms with Crippen LogP contribution >= 0.6 is 0 Å². The highest BCUT2D eigenvalue weighted by atomic mass is 16.5. The summed E-state index contributed by atoms with van der Waals surface area (Å²) in [7, 11) is 1.30. The highest BCUT2D eigenvalue weighted by molar-refractivity contribution is 5.86. The molecule has 3 heterocycles. The molecular formula is C46H58N8O4. The average Bonchev–Trinajstić information content (AvgIpc) is 4.12. The molecule has 2 saturated carbocycles. The minimum atomic E-state index is -0.654. The van der Waals surface area contributed by atoms with Gasteiger partial charge < -0.3 is 36.0 Å². The zero-order valence-corrected chi connectivity index (χ0v) is 34.3. The molecule has 3 amide bonds. The summed E-state index contributed by atoms with van der Waals surface area (Å²) in [6.45, 7) is 9.04. The van der Waals surface area contributed by atoms with Gasteiger partial charge in [-0.1, -0.05) is 94.8 Å². The first-order valence-electron chi connectivity index (χ1n) is 20.7. The van der Waals surface area contributed by atoms with Crippen LogP contribution in [0, 0.1) is 23.7 Å². The van der Waals surface area contributed by atoms with Gasteiger partial charge in [-0.25, -0.2) is 14.8 Å². The molecule has 306 valence electrons. The Bertz CT molecular complexity index is 2090. The number of nitrogens with two attached hydrogens (primary N) is 1. The molecule has 0 spiro atoms. The molecule has 12 heteroatoms. The smallest absolute Gasteiger partial charge is 0.407 e. The summed E-state index contributed by atoms with van der Waals surface area (Å²) in [6, 6.07) is 23.6. The third kappa shape index (κ3) is 9.96. The molecular weight excluding hydrogens is 729 g/mol. The first-order chi connectivity index (χ1) is 28.2. The van der Waals surface area contributed by atoms with Gasteiger partial charge in [0.2, 0.25) is 11.8 Å². The fraction of sp³-hybridized carbons (Fsp3) is 0.413. The van der Waals surface area contributed by atoms with E-state index in [9.17, 15) is 14.4 Å². The normalized spacial score (nSPS) is 19.7. The van der Waals surface area contributed by atoms with Crippen molar-refractivity contribution in [3.63, 3.8) is 0 Å². The molecule has 12 nitrogen and oxygen atoms in total. The molecule has 2 aliphatic carbocycles. The zero-order chi connectivity index (χ0) is 41.2. The molecule has 3 aliphatic rings. The van der Waals surface area contributed by atoms with Crippen molar-refractivity contribution in [2.45, 2.75) is 84.8 Å². The number of aromatic nitrogens is 4. The molecule has 5 unspecified atom stereocenters. The number of aromatic amines is 2. The van der Waals surface area contributed by atoms with Gasteiger partial charge in [0.25, 0.3) is 0 Å². The second-order valence-electron chi connectivity index (χ2n) is 15.6. The van der Waals surface area contributed by atoms with Crippen molar-refractivity contribution in [2.24, 2.45) is 23.7 Å². The Balaban J connectivity index is 0.000000236. The lowest BCUT2D eigenvalue weighted by Gasteiger charge is -2.30. The van der Waals surface area contributed by atoms with Gasteiger partial charge in [0.05, 0.1) is 43.3 Å². The van der Waals surface area contributed by atoms with E-state index in [0.29, 0.717) is 19.0 Å². The molecule has 2 bridgehead atoms. The number of alkyl carbamates (subject to hydrolysis) is 1. The van der Waals surface area contributed by atoms with E-state index in [1.165, 1.54) is 26.4 Å². The van der Waals surface area contributed by atoms with Crippen molar-refractivity contribution >= 4 is 23.6 Å². The van der Waals surface area contributed by atoms with Crippen LogP contribution in [-0.4, -0.2) is 62.4 Å². The van der Waals surface area contributed by atoms with Crippen LogP contribution in [0.2, 0.25) is 0 Å². The van der Waals surface area contributed by atoms with E-state index < -0.39 is 12.1 Å². The maximum Gasteiger partial charge on any atom is 0.407 e. The number of methoxy groups -OCH3 is 1. The summed E-state index contributed by atoms with van der Waals surface area (Å²) in [5, 5.41) is 5.75. The number of anilines is 1. The lowest BCUT2D eigenvalue weighted by molar-refractivity contribution is -0.135. The van der Waals surface area contributed by atoms with Crippen molar-refractivity contribution in [3.05, 3.63) is 103 Å². The number of carbonyl (C=O) groups is 3. The van der Waals surface area contributed by atoms with E-state index in [1.807, 2.05) is 69.3 Å². The predicted octanol–water partition coefficient (Wildman–Crippen LogP) is 8.53. The van der Waals surface area contributed by atoms with Crippen LogP contribution in [0.1, 0.15) is 83.6 Å². The summed E-state index contributed by atoms with van der Waals surface area (Å²) in [5.74, 6) is 2.54. The topological polar surface area (TPSA) is 171 Å². The molecule has 3 aromatic carbocycles. The summed E-state index contributed by atoms with van der Waals surface area (Å²) in [4.78, 5) is 54.4. The maximum atomic E-state index is 13.4. The third-order valence-electron chi connectivity index (χ3n) is 11.6. The minimum absolute atomic E-state index is 0.0739. The largest absolute Gasteiger partial charge is 0.453 e. The first-order valence-corrected chi connectivity index (χ1v) is 20.7. The molecule has 1 saturated heterocycles. The van der Waals surface area contributed by atoms with E-state index in [2.05, 4.69) is 79.1 Å². The molecule has 3 fully saturated rings. The Labute approximate surface area is 341 Å². The number of hydrogen-bond donors (Lipinski definition) is 5. The van der Waals surface area contributed by atoms with Crippen molar-refractivity contribution < 1.29 is 19.1 Å². The van der Waals surface area contributed by atoms with Crippen LogP contribution in [0.25, 0.3) is 33.6 Å². The van der Waals surface area contributed by atoms with E-state index in [4.69, 9.17) is 10.5 Å². The Kier molecular flexibility index (Phi) is 14.0. The number of nitrogen functional groups attached to an aromatic ring is 1. The van der Waals surface area contributed by atoms with Gasteiger partial charge in [-0.2, -0.15) is 0 Å². The third-order valence-corrected chi connectivity index (χ3v) is 11.6. The first kappa shape index (κ1) is 41.7. The van der Waals surface area contributed by atoms with Crippen LogP contribution in [0.15, 0.2) is 91.5 Å². The number of nitrogens with zero attached hydrogens (tertiary/aromatic N) is 3. The minimum Gasteiger partial charge on any atom is -0.453 e. The SMILES string of the molecule is CC.COC(=O)NC(C(=O)N1CCCC1c1ncc(-c2ccc(-c3ccc(-c4cnc[nH]4)cc3)cc2)[nH]1)C(C)C.Nc1cccc(CNC(=O)C2CC3CCC2C3)c1. The monoisotopic (exact) mass is 786 g/mol. The number of ether oxygens (including phenoxy) is 1. The number of amides is 3. The maximum absolute atomic E-state index is 13.4. The quantitative estimate of drug-likeness (QED) is 0.0884. The number of hydrogen-bond acceptors (Lipinski definition) is 7. The Hall–Kier alpha value is -5.91. The summed E-state index contributed by atoms with van der Waals surface area (Å²) >= 11 is 0. The van der Waals surface area contributed by atoms with E-state index in [0.717, 1.165) is 75.9 Å². The number of likely N-dealkylation sites (tertiary alicyclic amines) is 1. The average molecular weight is 787 g/mol. The molecule has 2 aromatic heterocycles. The van der Waals surface area contributed by atoms with E-state index >= 15 is 0 Å². The summed E-state index contributed by atoms with van der Waals surface area (Å²) in [5.41, 5.74) is 13.8. The number of H-pyrrole nitrogens is 2. The van der Waals surface area contributed by atoms with Crippen molar-refractivity contribution in [2.75, 3.05) is 19.4 Å². The lowest BCUT2D eigenvalue weighted by atomic mass is 9.88. The van der Waals surface area contributed by atoms with Crippen molar-refractivity contribution in [3.8, 4) is 33.6 Å². The second-order valence-corrected chi connectivity index (χ2v) is 15.6. The fourth-order valence-electron chi connectivity index (χ4n) is 8.53. The van der Waals surface area contributed by atoms with Gasteiger partial charge in [-0.15, -0.1) is 0 Å². The van der Waals surface area contributed by atoms with Gasteiger partial charge in [0, 0.05) is 24.7 Å². The number of nitrogens with one attached hydrogen (secondary N) is 4. The van der Waals surface area contributed by atoms with Gasteiger partial charge in [-0.05, 0) is 89.8 Å². The zero-order valence-electron chi connectivity index (χ0n) is 34.3. The fourth-order valence-corrected chi connectivity index (χ4v) is 8.53. The number of imidazole rings is 2. The summed E-state index contributed by atoms with van der Waals surface area (Å²) in [6.07, 6.45) is 11.4. The van der Waals surface area contributed by atoms with Crippen molar-refractivity contribution in [1.82, 2.24) is 35.5 Å². The van der Waals surface area contributed by atoms with Crippen molar-refractivity contribution in [1.29, 1.82) is 0 Å².